The van der Waals surface area contributed by atoms with Gasteiger partial charge in [0.05, 0.1) is 5.56 Å². The summed E-state index contributed by atoms with van der Waals surface area (Å²) in [6.45, 7) is 0. The van der Waals surface area contributed by atoms with Crippen LogP contribution in [0.2, 0.25) is 0 Å². The molecule has 1 heterocycles. The van der Waals surface area contributed by atoms with E-state index in [1.54, 1.807) is 0 Å². The highest BCUT2D eigenvalue weighted by atomic mass is 32.1. The Kier molecular flexibility index (Phi) is 2.90. The number of hydrogen-bond acceptors (Lipinski definition) is 2. The van der Waals surface area contributed by atoms with Crippen LogP contribution < -0.4 is 0 Å². The van der Waals surface area contributed by atoms with Crippen LogP contribution in [0.3, 0.4) is 0 Å². The van der Waals surface area contributed by atoms with Crippen molar-refractivity contribution in [1.29, 1.82) is 0 Å². The van der Waals surface area contributed by atoms with Gasteiger partial charge in [0.25, 0.3) is 0 Å². The summed E-state index contributed by atoms with van der Waals surface area (Å²) in [5.74, 6) is 0. The number of thiol groups is 1. The summed E-state index contributed by atoms with van der Waals surface area (Å²) in [5.41, 5.74) is -3.09. The second-order valence-electron chi connectivity index (χ2n) is 2.55. The van der Waals surface area contributed by atoms with Gasteiger partial charge in [-0.05, 0) is 6.07 Å². The minimum Gasteiger partial charge on any atom is -0.251 e. The van der Waals surface area contributed by atoms with Gasteiger partial charge in [0.2, 0.25) is 0 Å². The van der Waals surface area contributed by atoms with E-state index in [9.17, 15) is 26.3 Å². The van der Waals surface area contributed by atoms with E-state index in [4.69, 9.17) is 0 Å². The summed E-state index contributed by atoms with van der Waals surface area (Å²) in [4.78, 5) is 1.61. The van der Waals surface area contributed by atoms with Crippen molar-refractivity contribution in [2.75, 3.05) is 0 Å². The van der Waals surface area contributed by atoms with Crippen LogP contribution in [-0.4, -0.2) is 4.98 Å². The fraction of sp³-hybridized carbons (Fsp3) is 0.286. The monoisotopic (exact) mass is 247 g/mol. The van der Waals surface area contributed by atoms with Crippen molar-refractivity contribution in [2.45, 2.75) is 17.2 Å². The van der Waals surface area contributed by atoms with Gasteiger partial charge in [-0.3, -0.25) is 4.98 Å². The van der Waals surface area contributed by atoms with E-state index >= 15 is 0 Å². The van der Waals surface area contributed by atoms with Crippen LogP contribution in [0.15, 0.2) is 17.2 Å². The van der Waals surface area contributed by atoms with Gasteiger partial charge in [0.15, 0.2) is 5.69 Å². The zero-order chi connectivity index (χ0) is 11.9. The highest BCUT2D eigenvalue weighted by Crippen LogP contribution is 2.39. The van der Waals surface area contributed by atoms with E-state index in [0.717, 1.165) is 0 Å². The van der Waals surface area contributed by atoms with Gasteiger partial charge < -0.3 is 0 Å². The molecular formula is C7H3F6NS. The standard InChI is InChI=1S/C7H3F6NS/c8-6(9,10)3-1-2-14-5(4(3)15)7(11,12)13/h1-2,15H. The maximum atomic E-state index is 12.2. The molecule has 1 nitrogen and oxygen atoms in total. The molecule has 0 saturated carbocycles. The van der Waals surface area contributed by atoms with Crippen molar-refractivity contribution in [2.24, 2.45) is 0 Å². The average Bonchev–Trinajstić information content (AvgIpc) is 1.99. The third kappa shape index (κ3) is 2.55. The first-order valence-electron chi connectivity index (χ1n) is 3.46. The third-order valence-electron chi connectivity index (χ3n) is 1.50. The van der Waals surface area contributed by atoms with Crippen LogP contribution in [0.4, 0.5) is 26.3 Å². The van der Waals surface area contributed by atoms with Crippen LogP contribution in [0.5, 0.6) is 0 Å². The molecule has 0 atom stereocenters. The quantitative estimate of drug-likeness (QED) is 0.547. The number of rotatable bonds is 0. The normalized spacial score (nSPS) is 13.0. The predicted molar refractivity (Wildman–Crippen MR) is 41.5 cm³/mol. The third-order valence-corrected chi connectivity index (χ3v) is 1.95. The molecule has 84 valence electrons. The van der Waals surface area contributed by atoms with Crippen LogP contribution in [-0.2, 0) is 12.4 Å². The molecule has 0 bridgehead atoms. The summed E-state index contributed by atoms with van der Waals surface area (Å²) >= 11 is 3.20. The number of halogens is 6. The Bertz CT molecular complexity index is 336. The Morgan fingerprint density at radius 1 is 1.00 bits per heavy atom. The van der Waals surface area contributed by atoms with E-state index in [-0.39, 0.29) is 0 Å². The molecule has 0 radical (unpaired) electrons. The van der Waals surface area contributed by atoms with Gasteiger partial charge in [-0.1, -0.05) is 0 Å². The first-order chi connectivity index (χ1) is 6.64. The van der Waals surface area contributed by atoms with E-state index in [1.807, 2.05) is 0 Å². The maximum Gasteiger partial charge on any atom is 0.434 e. The van der Waals surface area contributed by atoms with E-state index < -0.39 is 28.5 Å². The van der Waals surface area contributed by atoms with Crippen LogP contribution in [0.25, 0.3) is 0 Å². The van der Waals surface area contributed by atoms with Crippen molar-refractivity contribution in [3.8, 4) is 0 Å². The van der Waals surface area contributed by atoms with Crippen molar-refractivity contribution < 1.29 is 26.3 Å². The molecule has 8 heteroatoms. The average molecular weight is 247 g/mol. The summed E-state index contributed by atoms with van der Waals surface area (Å²) in [6.07, 6.45) is -9.37. The lowest BCUT2D eigenvalue weighted by atomic mass is 10.2. The second kappa shape index (κ2) is 3.58. The first kappa shape index (κ1) is 12.2. The van der Waals surface area contributed by atoms with Crippen molar-refractivity contribution >= 4 is 12.6 Å². The van der Waals surface area contributed by atoms with E-state index in [2.05, 4.69) is 17.6 Å². The van der Waals surface area contributed by atoms with Crippen molar-refractivity contribution in [1.82, 2.24) is 4.98 Å². The molecule has 0 spiro atoms. The molecule has 0 saturated heterocycles. The summed E-state index contributed by atoms with van der Waals surface area (Å²) in [6, 6.07) is 0.442. The number of aromatic nitrogens is 1. The van der Waals surface area contributed by atoms with Crippen LogP contribution in [0, 0.1) is 0 Å². The lowest BCUT2D eigenvalue weighted by Crippen LogP contribution is -2.14. The van der Waals surface area contributed by atoms with Crippen LogP contribution >= 0.6 is 12.6 Å². The van der Waals surface area contributed by atoms with Gasteiger partial charge in [-0.2, -0.15) is 26.3 Å². The minimum absolute atomic E-state index is 0.442. The number of nitrogens with zero attached hydrogens (tertiary/aromatic N) is 1. The lowest BCUT2D eigenvalue weighted by Gasteiger charge is -2.13. The highest BCUT2D eigenvalue weighted by Gasteiger charge is 2.40. The lowest BCUT2D eigenvalue weighted by molar-refractivity contribution is -0.149. The Morgan fingerprint density at radius 3 is 1.93 bits per heavy atom. The van der Waals surface area contributed by atoms with Gasteiger partial charge in [0.1, 0.15) is 0 Å². The molecule has 1 rings (SSSR count). The summed E-state index contributed by atoms with van der Waals surface area (Å²) in [5, 5.41) is 0. The molecule has 0 amide bonds. The smallest absolute Gasteiger partial charge is 0.251 e. The van der Waals surface area contributed by atoms with Gasteiger partial charge in [0, 0.05) is 11.1 Å². The SMILES string of the molecule is FC(F)(F)c1ccnc(C(F)(F)F)c1S. The van der Waals surface area contributed by atoms with Crippen LogP contribution in [0.1, 0.15) is 11.3 Å². The maximum absolute atomic E-state index is 12.2. The van der Waals surface area contributed by atoms with Gasteiger partial charge in [-0.15, -0.1) is 12.6 Å². The Morgan fingerprint density at radius 2 is 1.53 bits per heavy atom. The Balaban J connectivity index is 3.37. The molecule has 0 unspecified atom stereocenters. The molecule has 15 heavy (non-hydrogen) atoms. The Hall–Kier alpha value is -0.920. The van der Waals surface area contributed by atoms with E-state index in [1.165, 1.54) is 0 Å². The zero-order valence-corrected chi connectivity index (χ0v) is 7.71. The molecule has 0 fully saturated rings. The summed E-state index contributed by atoms with van der Waals surface area (Å²) < 4.78 is 72.9. The molecule has 0 aliphatic carbocycles. The molecule has 1 aromatic rings. The zero-order valence-electron chi connectivity index (χ0n) is 6.82. The number of alkyl halides is 6. The Labute approximate surface area is 85.5 Å². The van der Waals surface area contributed by atoms with Gasteiger partial charge in [-0.25, -0.2) is 0 Å². The molecule has 0 aliphatic rings. The highest BCUT2D eigenvalue weighted by molar-refractivity contribution is 7.80. The molecule has 1 aromatic heterocycles. The summed E-state index contributed by atoms with van der Waals surface area (Å²) in [7, 11) is 0. The minimum atomic E-state index is -4.95. The van der Waals surface area contributed by atoms with E-state index in [0.29, 0.717) is 12.3 Å². The predicted octanol–water partition coefficient (Wildman–Crippen LogP) is 3.41. The fourth-order valence-electron chi connectivity index (χ4n) is 0.890. The second-order valence-corrected chi connectivity index (χ2v) is 3.00. The van der Waals surface area contributed by atoms with Gasteiger partial charge >= 0.3 is 12.4 Å². The molecular weight excluding hydrogens is 244 g/mol. The fourth-order valence-corrected chi connectivity index (χ4v) is 1.28. The number of pyridine rings is 1. The molecule has 0 N–H and O–H groups in total. The molecule has 0 aliphatic heterocycles. The van der Waals surface area contributed by atoms with Crippen molar-refractivity contribution in [3.63, 3.8) is 0 Å². The van der Waals surface area contributed by atoms with Crippen molar-refractivity contribution in [3.05, 3.63) is 23.5 Å². The first-order valence-corrected chi connectivity index (χ1v) is 3.91. The largest absolute Gasteiger partial charge is 0.434 e. The molecule has 0 aromatic carbocycles. The number of hydrogen-bond donors (Lipinski definition) is 1. The topological polar surface area (TPSA) is 12.9 Å².